The third kappa shape index (κ3) is 7.39. The first kappa shape index (κ1) is 29.4. The monoisotopic (exact) mass is 557 g/mol. The van der Waals surface area contributed by atoms with Gasteiger partial charge < -0.3 is 26.0 Å². The molecule has 3 saturated heterocycles. The Balaban J connectivity index is 1.12. The van der Waals surface area contributed by atoms with Crippen molar-refractivity contribution in [3.05, 3.63) is 0 Å². The van der Waals surface area contributed by atoms with Crippen LogP contribution in [0.5, 0.6) is 0 Å². The average molecular weight is 558 g/mol. The highest BCUT2D eigenvalue weighted by Crippen LogP contribution is 2.31. The quantitative estimate of drug-likeness (QED) is 0.138. The van der Waals surface area contributed by atoms with E-state index in [0.29, 0.717) is 31.2 Å². The molecular weight excluding hydrogens is 506 g/mol. The number of rotatable bonds is 11. The molecule has 220 valence electrons. The van der Waals surface area contributed by atoms with Gasteiger partial charge in [-0.25, -0.2) is 4.90 Å². The summed E-state index contributed by atoms with van der Waals surface area (Å²) in [6, 6.07) is 0.0228. The summed E-state index contributed by atoms with van der Waals surface area (Å²) in [5, 5.41) is 36.2. The van der Waals surface area contributed by atoms with Crippen molar-refractivity contribution in [2.75, 3.05) is 46.1 Å². The molecule has 3 aliphatic heterocycles. The van der Waals surface area contributed by atoms with Crippen LogP contribution in [0.25, 0.3) is 0 Å². The van der Waals surface area contributed by atoms with Crippen molar-refractivity contribution in [1.29, 1.82) is 0 Å². The van der Waals surface area contributed by atoms with Crippen LogP contribution in [0.4, 0.5) is 0 Å². The van der Waals surface area contributed by atoms with Crippen LogP contribution < -0.4 is 27.0 Å². The lowest BCUT2D eigenvalue weighted by Crippen LogP contribution is -2.68. The van der Waals surface area contributed by atoms with Gasteiger partial charge in [0.15, 0.2) is 0 Å². The van der Waals surface area contributed by atoms with Crippen LogP contribution >= 0.6 is 11.6 Å². The van der Waals surface area contributed by atoms with Crippen LogP contribution in [0.1, 0.15) is 64.2 Å². The van der Waals surface area contributed by atoms with Gasteiger partial charge in [0.25, 0.3) is 0 Å². The molecule has 0 amide bonds. The van der Waals surface area contributed by atoms with Gasteiger partial charge in [0.2, 0.25) is 0 Å². The third-order valence-electron chi connectivity index (χ3n) is 9.70. The molecule has 3 unspecified atom stereocenters. The lowest BCUT2D eigenvalue weighted by Gasteiger charge is -2.38. The van der Waals surface area contributed by atoms with E-state index < -0.39 is 24.5 Å². The van der Waals surface area contributed by atoms with E-state index in [1.165, 1.54) is 51.4 Å². The smallest absolute Gasteiger partial charge is 0.142 e. The Labute approximate surface area is 233 Å². The molecule has 0 radical (unpaired) electrons. The van der Waals surface area contributed by atoms with Crippen molar-refractivity contribution in [1.82, 2.24) is 31.1 Å². The summed E-state index contributed by atoms with van der Waals surface area (Å²) >= 11 is 6.27. The number of aliphatic hydroxyl groups is 2. The Morgan fingerprint density at radius 1 is 0.921 bits per heavy atom. The predicted molar refractivity (Wildman–Crippen MR) is 149 cm³/mol. The molecule has 0 aromatic carbocycles. The first-order valence-corrected chi connectivity index (χ1v) is 15.7. The summed E-state index contributed by atoms with van der Waals surface area (Å²) in [7, 11) is 0. The molecule has 38 heavy (non-hydrogen) atoms. The van der Waals surface area contributed by atoms with Crippen molar-refractivity contribution >= 4 is 11.6 Å². The maximum Gasteiger partial charge on any atom is 0.142 e. The number of hydrogen-bond donors (Lipinski definition) is 7. The van der Waals surface area contributed by atoms with Crippen molar-refractivity contribution in [3.8, 4) is 0 Å². The average Bonchev–Trinajstić information content (AvgIpc) is 3.47. The zero-order chi connectivity index (χ0) is 26.5. The molecule has 3 heterocycles. The molecule has 0 bridgehead atoms. The van der Waals surface area contributed by atoms with Gasteiger partial charge >= 0.3 is 0 Å². The number of halogens is 1. The van der Waals surface area contributed by atoms with Crippen molar-refractivity contribution in [3.63, 3.8) is 0 Å². The second-order valence-corrected chi connectivity index (χ2v) is 13.0. The zero-order valence-corrected chi connectivity index (χ0v) is 23.7. The topological polar surface area (TPSA) is 130 Å². The maximum absolute atomic E-state index is 11.0. The number of nitrogens with two attached hydrogens (primary N) is 1. The molecule has 5 fully saturated rings. The van der Waals surface area contributed by atoms with Crippen molar-refractivity contribution in [2.45, 2.75) is 112 Å². The van der Waals surface area contributed by atoms with E-state index in [0.717, 1.165) is 44.9 Å². The first-order chi connectivity index (χ1) is 18.5. The number of fused-ring (bicyclic) bond motifs is 1. The Kier molecular flexibility index (Phi) is 11.0. The van der Waals surface area contributed by atoms with Crippen LogP contribution in [0.15, 0.2) is 0 Å². The molecule has 0 aromatic heterocycles. The highest BCUT2D eigenvalue weighted by molar-refractivity contribution is 6.20. The van der Waals surface area contributed by atoms with E-state index in [1.54, 1.807) is 0 Å². The van der Waals surface area contributed by atoms with Gasteiger partial charge in [-0.1, -0.05) is 19.3 Å². The minimum Gasteiger partial charge on any atom is -0.387 e. The third-order valence-corrected chi connectivity index (χ3v) is 10.1. The molecule has 8 N–H and O–H groups in total. The lowest BCUT2D eigenvalue weighted by atomic mass is 9.87. The van der Waals surface area contributed by atoms with Gasteiger partial charge in [0, 0.05) is 38.2 Å². The van der Waals surface area contributed by atoms with Crippen LogP contribution in [0.3, 0.4) is 0 Å². The van der Waals surface area contributed by atoms with Crippen molar-refractivity contribution in [2.24, 2.45) is 17.6 Å². The second kappa shape index (κ2) is 14.2. The minimum atomic E-state index is -0.953. The second-order valence-electron chi connectivity index (χ2n) is 12.4. The van der Waals surface area contributed by atoms with Crippen molar-refractivity contribution < 1.29 is 14.9 Å². The summed E-state index contributed by atoms with van der Waals surface area (Å²) in [5.41, 5.74) is 6.23. The van der Waals surface area contributed by atoms with E-state index >= 15 is 0 Å². The number of nitrogens with zero attached hydrogens (tertiary/aromatic N) is 2. The van der Waals surface area contributed by atoms with Crippen LogP contribution in [0.2, 0.25) is 0 Å². The van der Waals surface area contributed by atoms with E-state index in [1.807, 2.05) is 0 Å². The fourth-order valence-electron chi connectivity index (χ4n) is 7.33. The number of hydrogen-bond acceptors (Lipinski definition) is 10. The largest absolute Gasteiger partial charge is 0.387 e. The first-order valence-electron chi connectivity index (χ1n) is 15.3. The lowest BCUT2D eigenvalue weighted by molar-refractivity contribution is -0.107. The number of nitrogens with one attached hydrogen (secondary N) is 4. The molecule has 5 aliphatic rings. The molecule has 2 saturated carbocycles. The van der Waals surface area contributed by atoms with E-state index in [-0.39, 0.29) is 18.4 Å². The maximum atomic E-state index is 11.0. The summed E-state index contributed by atoms with van der Waals surface area (Å²) in [5.74, 6) is 1.51. The van der Waals surface area contributed by atoms with E-state index in [9.17, 15) is 10.2 Å². The van der Waals surface area contributed by atoms with Gasteiger partial charge in [-0.15, -0.1) is 11.6 Å². The fraction of sp³-hybridized carbons (Fsp3) is 1.00. The molecule has 11 heteroatoms. The molecule has 0 spiro atoms. The normalized spacial score (nSPS) is 41.1. The molecule has 0 aromatic rings. The van der Waals surface area contributed by atoms with Crippen LogP contribution in [-0.4, -0.2) is 114 Å². The predicted octanol–water partition coefficient (Wildman–Crippen LogP) is 0.0852. The van der Waals surface area contributed by atoms with E-state index in [2.05, 4.69) is 31.1 Å². The van der Waals surface area contributed by atoms with Gasteiger partial charge in [-0.05, 0) is 63.3 Å². The Morgan fingerprint density at radius 3 is 2.50 bits per heavy atom. The summed E-state index contributed by atoms with van der Waals surface area (Å²) in [4.78, 5) is 4.54. The van der Waals surface area contributed by atoms with Crippen LogP contribution in [-0.2, 0) is 4.74 Å². The fourth-order valence-corrected chi connectivity index (χ4v) is 7.58. The summed E-state index contributed by atoms with van der Waals surface area (Å²) in [6.07, 6.45) is 9.57. The summed E-state index contributed by atoms with van der Waals surface area (Å²) < 4.78 is 6.40. The Morgan fingerprint density at radius 2 is 1.71 bits per heavy atom. The summed E-state index contributed by atoms with van der Waals surface area (Å²) in [6.45, 7) is 5.74. The minimum absolute atomic E-state index is 0.0228. The Hall–Kier alpha value is -0.110. The van der Waals surface area contributed by atoms with Gasteiger partial charge in [0.1, 0.15) is 24.5 Å². The Bertz CT molecular complexity index is 712. The highest BCUT2D eigenvalue weighted by atomic mass is 35.5. The SMILES string of the molecule is NC1NCNC2C1NCN2[C@@H]1O[C@H](CN(CCNCCC2CCC(Cl)CC2)CC2CCCCC2)[C@@H](O)[C@H]1O. The molecule has 2 aliphatic carbocycles. The highest BCUT2D eigenvalue weighted by Gasteiger charge is 2.51. The zero-order valence-electron chi connectivity index (χ0n) is 22.9. The van der Waals surface area contributed by atoms with Crippen LogP contribution in [0, 0.1) is 11.8 Å². The van der Waals surface area contributed by atoms with Gasteiger partial charge in [-0.2, -0.15) is 0 Å². The van der Waals surface area contributed by atoms with Gasteiger partial charge in [0.05, 0.1) is 25.0 Å². The number of alkyl halides is 1. The van der Waals surface area contributed by atoms with E-state index in [4.69, 9.17) is 22.1 Å². The standard InChI is InChI=1S/C27H52ClN7O3/c28-20-8-6-18(7-9-20)10-11-30-12-13-34(14-19-4-2-1-3-5-19)15-21-23(36)24(37)27(38-21)35-17-33-22-25(29)31-16-32-26(22)35/h18-27,30-33,36-37H,1-17,29H2/t18?,20?,21-,22?,23-,24-,25?,26?,27-/m1/s1. The van der Waals surface area contributed by atoms with Gasteiger partial charge in [-0.3, -0.25) is 20.9 Å². The molecule has 10 nitrogen and oxygen atoms in total. The molecule has 7 atom stereocenters. The number of aliphatic hydroxyl groups excluding tert-OH is 2. The molecule has 5 rings (SSSR count). The number of ether oxygens (including phenoxy) is 1. The molecular formula is C27H52ClN7O3.